The summed E-state index contributed by atoms with van der Waals surface area (Å²) in [5.74, 6) is -1.21. The van der Waals surface area contributed by atoms with Gasteiger partial charge in [0.2, 0.25) is 5.76 Å². The molecule has 0 aliphatic carbocycles. The lowest BCUT2D eigenvalue weighted by Crippen LogP contribution is -2.21. The van der Waals surface area contributed by atoms with Gasteiger partial charge in [0.05, 0.1) is 12.2 Å². The fourth-order valence-corrected chi connectivity index (χ4v) is 2.44. The molecule has 0 aliphatic heterocycles. The van der Waals surface area contributed by atoms with Crippen LogP contribution in [0.1, 0.15) is 82.2 Å². The topological polar surface area (TPSA) is 56.5 Å². The molecular formula is C18H28O4. The summed E-state index contributed by atoms with van der Waals surface area (Å²) in [4.78, 5) is 24.0. The molecule has 1 atom stereocenters. The second kappa shape index (κ2) is 11.0. The van der Waals surface area contributed by atoms with E-state index in [1.54, 1.807) is 6.07 Å². The molecule has 0 aliphatic rings. The fraction of sp³-hybridized carbons (Fsp3) is 0.667. The Morgan fingerprint density at radius 1 is 1.05 bits per heavy atom. The van der Waals surface area contributed by atoms with Crippen molar-refractivity contribution >= 4 is 11.9 Å². The third-order valence-corrected chi connectivity index (χ3v) is 3.81. The zero-order valence-electron chi connectivity index (χ0n) is 13.8. The van der Waals surface area contributed by atoms with Gasteiger partial charge in [-0.3, -0.25) is 4.79 Å². The maximum absolute atomic E-state index is 12.2. The molecule has 0 fully saturated rings. The molecule has 22 heavy (non-hydrogen) atoms. The van der Waals surface area contributed by atoms with E-state index in [9.17, 15) is 9.59 Å². The van der Waals surface area contributed by atoms with E-state index in [2.05, 4.69) is 13.8 Å². The molecule has 0 saturated heterocycles. The molecule has 1 heterocycles. The van der Waals surface area contributed by atoms with Crippen molar-refractivity contribution in [1.82, 2.24) is 0 Å². The molecule has 1 unspecified atom stereocenters. The number of hydrogen-bond acceptors (Lipinski definition) is 4. The van der Waals surface area contributed by atoms with Crippen LogP contribution in [0.3, 0.4) is 0 Å². The SMILES string of the molecule is CCCCCCCC(CCCC)C(=O)OC(=O)c1ccco1. The first-order valence-electron chi connectivity index (χ1n) is 8.48. The lowest BCUT2D eigenvalue weighted by Gasteiger charge is -2.14. The minimum Gasteiger partial charge on any atom is -0.457 e. The lowest BCUT2D eigenvalue weighted by atomic mass is 9.95. The molecule has 4 nitrogen and oxygen atoms in total. The zero-order valence-corrected chi connectivity index (χ0v) is 13.8. The first kappa shape index (κ1) is 18.5. The van der Waals surface area contributed by atoms with Crippen LogP contribution in [0, 0.1) is 5.92 Å². The van der Waals surface area contributed by atoms with Crippen molar-refractivity contribution < 1.29 is 18.7 Å². The van der Waals surface area contributed by atoms with Crippen LogP contribution in [0.5, 0.6) is 0 Å². The summed E-state index contributed by atoms with van der Waals surface area (Å²) >= 11 is 0. The molecule has 1 aromatic rings. The van der Waals surface area contributed by atoms with Gasteiger partial charge in [0.15, 0.2) is 0 Å². The normalized spacial score (nSPS) is 12.1. The largest absolute Gasteiger partial charge is 0.457 e. The predicted octanol–water partition coefficient (Wildman–Crippen LogP) is 5.13. The smallest absolute Gasteiger partial charge is 0.381 e. The van der Waals surface area contributed by atoms with Gasteiger partial charge in [-0.1, -0.05) is 58.8 Å². The van der Waals surface area contributed by atoms with Gasteiger partial charge in [-0.15, -0.1) is 0 Å². The highest BCUT2D eigenvalue weighted by Crippen LogP contribution is 2.20. The van der Waals surface area contributed by atoms with Gasteiger partial charge >= 0.3 is 11.9 Å². The Kier molecular flexibility index (Phi) is 9.28. The molecule has 1 rings (SSSR count). The Morgan fingerprint density at radius 2 is 1.73 bits per heavy atom. The summed E-state index contributed by atoms with van der Waals surface area (Å²) < 4.78 is 9.92. The van der Waals surface area contributed by atoms with Crippen molar-refractivity contribution in [3.63, 3.8) is 0 Å². The van der Waals surface area contributed by atoms with E-state index in [1.165, 1.54) is 31.6 Å². The van der Waals surface area contributed by atoms with Crippen LogP contribution in [-0.2, 0) is 9.53 Å². The predicted molar refractivity (Wildman–Crippen MR) is 85.5 cm³/mol. The molecule has 124 valence electrons. The van der Waals surface area contributed by atoms with E-state index in [0.29, 0.717) is 0 Å². The van der Waals surface area contributed by atoms with Crippen molar-refractivity contribution in [2.24, 2.45) is 5.92 Å². The van der Waals surface area contributed by atoms with Crippen LogP contribution in [-0.4, -0.2) is 11.9 Å². The van der Waals surface area contributed by atoms with E-state index >= 15 is 0 Å². The van der Waals surface area contributed by atoms with Crippen molar-refractivity contribution in [2.75, 3.05) is 0 Å². The van der Waals surface area contributed by atoms with Crippen LogP contribution in [0.25, 0.3) is 0 Å². The maximum atomic E-state index is 12.2. The number of rotatable bonds is 11. The zero-order chi connectivity index (χ0) is 16.2. The molecule has 0 spiro atoms. The summed E-state index contributed by atoms with van der Waals surface area (Å²) in [7, 11) is 0. The van der Waals surface area contributed by atoms with Crippen LogP contribution in [0.2, 0.25) is 0 Å². The molecule has 0 aromatic carbocycles. The Bertz CT molecular complexity index is 422. The highest BCUT2D eigenvalue weighted by molar-refractivity contribution is 5.95. The number of ether oxygens (including phenoxy) is 1. The fourth-order valence-electron chi connectivity index (χ4n) is 2.44. The summed E-state index contributed by atoms with van der Waals surface area (Å²) in [6.45, 7) is 4.28. The minimum absolute atomic E-state index is 0.0746. The van der Waals surface area contributed by atoms with Gasteiger partial charge in [0, 0.05) is 0 Å². The van der Waals surface area contributed by atoms with Crippen LogP contribution < -0.4 is 0 Å². The number of unbranched alkanes of at least 4 members (excludes halogenated alkanes) is 5. The first-order chi connectivity index (χ1) is 10.7. The quantitative estimate of drug-likeness (QED) is 0.323. The van der Waals surface area contributed by atoms with Crippen LogP contribution in [0.15, 0.2) is 22.8 Å². The lowest BCUT2D eigenvalue weighted by molar-refractivity contribution is -0.143. The van der Waals surface area contributed by atoms with Crippen LogP contribution in [0.4, 0.5) is 0 Å². The highest BCUT2D eigenvalue weighted by atomic mass is 16.6. The van der Waals surface area contributed by atoms with Gasteiger partial charge in [-0.2, -0.15) is 0 Å². The van der Waals surface area contributed by atoms with E-state index in [-0.39, 0.29) is 11.7 Å². The van der Waals surface area contributed by atoms with E-state index in [1.807, 2.05) is 0 Å². The molecule has 0 amide bonds. The second-order valence-electron chi connectivity index (χ2n) is 5.73. The molecular weight excluding hydrogens is 280 g/mol. The summed E-state index contributed by atoms with van der Waals surface area (Å²) in [5, 5.41) is 0. The first-order valence-corrected chi connectivity index (χ1v) is 8.48. The Morgan fingerprint density at radius 3 is 2.36 bits per heavy atom. The van der Waals surface area contributed by atoms with Crippen molar-refractivity contribution in [3.8, 4) is 0 Å². The standard InChI is InChI=1S/C18H28O4/c1-3-5-7-8-9-12-15(11-6-4-2)17(19)22-18(20)16-13-10-14-21-16/h10,13-15H,3-9,11-12H2,1-2H3. The molecule has 1 aromatic heterocycles. The summed E-state index contributed by atoms with van der Waals surface area (Å²) in [6.07, 6.45) is 10.8. The van der Waals surface area contributed by atoms with E-state index in [4.69, 9.17) is 9.15 Å². The van der Waals surface area contributed by atoms with Crippen molar-refractivity contribution in [3.05, 3.63) is 24.2 Å². The Labute approximate surface area is 133 Å². The van der Waals surface area contributed by atoms with E-state index in [0.717, 1.165) is 38.5 Å². The molecule has 0 radical (unpaired) electrons. The highest BCUT2D eigenvalue weighted by Gasteiger charge is 2.23. The Balaban J connectivity index is 2.43. The van der Waals surface area contributed by atoms with E-state index < -0.39 is 11.9 Å². The third-order valence-electron chi connectivity index (χ3n) is 3.81. The number of hydrogen-bond donors (Lipinski definition) is 0. The Hall–Kier alpha value is -1.58. The number of carbonyl (C=O) groups is 2. The minimum atomic E-state index is -0.692. The van der Waals surface area contributed by atoms with Crippen molar-refractivity contribution in [2.45, 2.75) is 71.6 Å². The van der Waals surface area contributed by atoms with Gasteiger partial charge < -0.3 is 9.15 Å². The van der Waals surface area contributed by atoms with Gasteiger partial charge in [-0.05, 0) is 25.0 Å². The van der Waals surface area contributed by atoms with Crippen molar-refractivity contribution in [1.29, 1.82) is 0 Å². The maximum Gasteiger partial charge on any atom is 0.381 e. The van der Waals surface area contributed by atoms with Crippen LogP contribution >= 0.6 is 0 Å². The van der Waals surface area contributed by atoms with Gasteiger partial charge in [-0.25, -0.2) is 4.79 Å². The molecule has 4 heteroatoms. The number of carbonyl (C=O) groups excluding carboxylic acids is 2. The molecule has 0 saturated carbocycles. The third kappa shape index (κ3) is 6.92. The molecule has 0 N–H and O–H groups in total. The average Bonchev–Trinajstić information content (AvgIpc) is 3.04. The average molecular weight is 308 g/mol. The number of furan rings is 1. The summed E-state index contributed by atoms with van der Waals surface area (Å²) in [5.41, 5.74) is 0. The monoisotopic (exact) mass is 308 g/mol. The second-order valence-corrected chi connectivity index (χ2v) is 5.73. The van der Waals surface area contributed by atoms with Gasteiger partial charge in [0.25, 0.3) is 0 Å². The molecule has 0 bridgehead atoms. The summed E-state index contributed by atoms with van der Waals surface area (Å²) in [6, 6.07) is 3.10. The number of esters is 2. The van der Waals surface area contributed by atoms with Gasteiger partial charge in [0.1, 0.15) is 0 Å².